The van der Waals surface area contributed by atoms with Crippen LogP contribution in [0.15, 0.2) is 30.6 Å². The number of rotatable bonds is 5. The fourth-order valence-electron chi connectivity index (χ4n) is 3.02. The van der Waals surface area contributed by atoms with Crippen LogP contribution in [0, 0.1) is 12.8 Å². The number of ether oxygens (including phenoxy) is 1. The molecule has 0 radical (unpaired) electrons. The van der Waals surface area contributed by atoms with Gasteiger partial charge in [0, 0.05) is 31.2 Å². The van der Waals surface area contributed by atoms with E-state index in [2.05, 4.69) is 20.3 Å². The number of aryl methyl sites for hydroxylation is 1. The zero-order valence-corrected chi connectivity index (χ0v) is 14.9. The Kier molecular flexibility index (Phi) is 4.79. The van der Waals surface area contributed by atoms with E-state index in [-0.39, 0.29) is 11.9 Å². The Hall–Kier alpha value is -2.54. The topological polar surface area (TPSA) is 80.2 Å². The van der Waals surface area contributed by atoms with Gasteiger partial charge in [0.05, 0.1) is 18.8 Å². The Labute approximate surface area is 152 Å². The number of hydrogen-bond acceptors (Lipinski definition) is 6. The SMILES string of the molecule is Cc1ccc(C(=O)N2CCOCC2c2nccc(NCC3CC3)n2)cn1. The summed E-state index contributed by atoms with van der Waals surface area (Å²) in [6.45, 7) is 4.27. The highest BCUT2D eigenvalue weighted by atomic mass is 16.5. The molecule has 1 unspecified atom stereocenters. The van der Waals surface area contributed by atoms with Crippen LogP contribution in [0.1, 0.15) is 40.8 Å². The molecule has 26 heavy (non-hydrogen) atoms. The van der Waals surface area contributed by atoms with Crippen molar-refractivity contribution in [3.63, 3.8) is 0 Å². The summed E-state index contributed by atoms with van der Waals surface area (Å²) >= 11 is 0. The van der Waals surface area contributed by atoms with Crippen molar-refractivity contribution >= 4 is 11.7 Å². The van der Waals surface area contributed by atoms with Crippen LogP contribution < -0.4 is 5.32 Å². The lowest BCUT2D eigenvalue weighted by Gasteiger charge is -2.34. The van der Waals surface area contributed by atoms with Crippen LogP contribution >= 0.6 is 0 Å². The van der Waals surface area contributed by atoms with Crippen LogP contribution in [-0.4, -0.2) is 52.1 Å². The zero-order chi connectivity index (χ0) is 17.9. The minimum Gasteiger partial charge on any atom is -0.377 e. The Morgan fingerprint density at radius 2 is 2.19 bits per heavy atom. The van der Waals surface area contributed by atoms with Gasteiger partial charge in [-0.25, -0.2) is 9.97 Å². The Bertz CT molecular complexity index is 776. The van der Waals surface area contributed by atoms with Gasteiger partial charge in [-0.1, -0.05) is 0 Å². The molecule has 2 aliphatic rings. The molecule has 1 aliphatic carbocycles. The van der Waals surface area contributed by atoms with Crippen LogP contribution in [0.5, 0.6) is 0 Å². The van der Waals surface area contributed by atoms with Crippen molar-refractivity contribution in [1.29, 1.82) is 0 Å². The molecule has 1 saturated heterocycles. The molecule has 136 valence electrons. The first-order valence-electron chi connectivity index (χ1n) is 9.09. The van der Waals surface area contributed by atoms with E-state index in [0.717, 1.165) is 24.0 Å². The number of amides is 1. The van der Waals surface area contributed by atoms with Crippen molar-refractivity contribution in [1.82, 2.24) is 19.9 Å². The van der Waals surface area contributed by atoms with E-state index >= 15 is 0 Å². The van der Waals surface area contributed by atoms with Crippen molar-refractivity contribution in [3.8, 4) is 0 Å². The molecule has 7 heteroatoms. The van der Waals surface area contributed by atoms with E-state index in [1.807, 2.05) is 25.1 Å². The van der Waals surface area contributed by atoms with Gasteiger partial charge in [-0.3, -0.25) is 9.78 Å². The average molecular weight is 353 g/mol. The van der Waals surface area contributed by atoms with Crippen LogP contribution in [0.25, 0.3) is 0 Å². The summed E-state index contributed by atoms with van der Waals surface area (Å²) in [5.74, 6) is 2.11. The third-order valence-corrected chi connectivity index (χ3v) is 4.79. The maximum atomic E-state index is 13.0. The van der Waals surface area contributed by atoms with Gasteiger partial charge in [0.25, 0.3) is 5.91 Å². The van der Waals surface area contributed by atoms with E-state index in [1.54, 1.807) is 17.3 Å². The smallest absolute Gasteiger partial charge is 0.256 e. The summed E-state index contributed by atoms with van der Waals surface area (Å²) in [5.41, 5.74) is 1.46. The predicted molar refractivity (Wildman–Crippen MR) is 96.8 cm³/mol. The summed E-state index contributed by atoms with van der Waals surface area (Å²) < 4.78 is 5.61. The Morgan fingerprint density at radius 1 is 1.31 bits per heavy atom. The number of pyridine rings is 1. The molecule has 1 aliphatic heterocycles. The van der Waals surface area contributed by atoms with Gasteiger partial charge in [0.2, 0.25) is 0 Å². The van der Waals surface area contributed by atoms with Crippen LogP contribution in [-0.2, 0) is 4.74 Å². The van der Waals surface area contributed by atoms with E-state index < -0.39 is 0 Å². The van der Waals surface area contributed by atoms with Gasteiger partial charge < -0.3 is 15.0 Å². The minimum atomic E-state index is -0.291. The lowest BCUT2D eigenvalue weighted by Crippen LogP contribution is -2.44. The summed E-state index contributed by atoms with van der Waals surface area (Å²) in [6, 6.07) is 5.24. The molecular weight excluding hydrogens is 330 g/mol. The molecule has 2 aromatic heterocycles. The standard InChI is InChI=1S/C19H23N5O2/c1-13-2-5-15(11-21-13)19(25)24-8-9-26-12-16(24)18-20-7-6-17(23-18)22-10-14-3-4-14/h2,5-7,11,14,16H,3-4,8-10,12H2,1H3,(H,20,22,23). The number of hydrogen-bond donors (Lipinski definition) is 1. The average Bonchev–Trinajstić information content (AvgIpc) is 3.51. The highest BCUT2D eigenvalue weighted by molar-refractivity contribution is 5.94. The number of nitrogens with one attached hydrogen (secondary N) is 1. The van der Waals surface area contributed by atoms with E-state index in [1.165, 1.54) is 12.8 Å². The monoisotopic (exact) mass is 353 g/mol. The third kappa shape index (κ3) is 3.83. The van der Waals surface area contributed by atoms with Crippen LogP contribution in [0.2, 0.25) is 0 Å². The zero-order valence-electron chi connectivity index (χ0n) is 14.9. The van der Waals surface area contributed by atoms with Gasteiger partial charge in [0.1, 0.15) is 11.9 Å². The Balaban J connectivity index is 1.53. The van der Waals surface area contributed by atoms with Gasteiger partial charge in [-0.05, 0) is 43.9 Å². The molecule has 2 fully saturated rings. The molecule has 1 saturated carbocycles. The largest absolute Gasteiger partial charge is 0.377 e. The predicted octanol–water partition coefficient (Wildman–Crippen LogP) is 2.22. The highest BCUT2D eigenvalue weighted by Crippen LogP contribution is 2.29. The molecule has 0 bridgehead atoms. The highest BCUT2D eigenvalue weighted by Gasteiger charge is 2.31. The fourth-order valence-corrected chi connectivity index (χ4v) is 3.02. The molecule has 0 aromatic carbocycles. The number of carbonyl (C=O) groups excluding carboxylic acids is 1. The normalized spacial score (nSPS) is 20.0. The van der Waals surface area contributed by atoms with Crippen molar-refractivity contribution in [2.45, 2.75) is 25.8 Å². The van der Waals surface area contributed by atoms with E-state index in [9.17, 15) is 4.79 Å². The molecule has 4 rings (SSSR count). The number of morpholine rings is 1. The summed E-state index contributed by atoms with van der Waals surface area (Å²) in [5, 5.41) is 3.36. The maximum absolute atomic E-state index is 13.0. The summed E-state index contributed by atoms with van der Waals surface area (Å²) in [4.78, 5) is 28.0. The third-order valence-electron chi connectivity index (χ3n) is 4.79. The van der Waals surface area contributed by atoms with Crippen molar-refractivity contribution < 1.29 is 9.53 Å². The first kappa shape index (κ1) is 16.9. The fraction of sp³-hybridized carbons (Fsp3) is 0.474. The first-order valence-corrected chi connectivity index (χ1v) is 9.09. The quantitative estimate of drug-likeness (QED) is 0.888. The maximum Gasteiger partial charge on any atom is 0.256 e. The number of nitrogens with zero attached hydrogens (tertiary/aromatic N) is 4. The van der Waals surface area contributed by atoms with Crippen LogP contribution in [0.3, 0.4) is 0 Å². The van der Waals surface area contributed by atoms with Gasteiger partial charge in [0.15, 0.2) is 5.82 Å². The molecule has 1 N–H and O–H groups in total. The van der Waals surface area contributed by atoms with Crippen molar-refractivity contribution in [2.24, 2.45) is 5.92 Å². The molecule has 0 spiro atoms. The second kappa shape index (κ2) is 7.37. The van der Waals surface area contributed by atoms with E-state index in [4.69, 9.17) is 4.74 Å². The van der Waals surface area contributed by atoms with Gasteiger partial charge >= 0.3 is 0 Å². The molecule has 1 amide bonds. The number of aromatic nitrogens is 3. The number of carbonyl (C=O) groups is 1. The molecule has 2 aromatic rings. The molecule has 7 nitrogen and oxygen atoms in total. The molecule has 3 heterocycles. The second-order valence-corrected chi connectivity index (χ2v) is 6.90. The lowest BCUT2D eigenvalue weighted by molar-refractivity contribution is -0.00521. The van der Waals surface area contributed by atoms with Crippen molar-refractivity contribution in [2.75, 3.05) is 31.6 Å². The molecular formula is C19H23N5O2. The van der Waals surface area contributed by atoms with Gasteiger partial charge in [-0.2, -0.15) is 0 Å². The Morgan fingerprint density at radius 3 is 2.96 bits per heavy atom. The summed E-state index contributed by atoms with van der Waals surface area (Å²) in [7, 11) is 0. The van der Waals surface area contributed by atoms with Crippen LogP contribution in [0.4, 0.5) is 5.82 Å². The molecule has 1 atom stereocenters. The minimum absolute atomic E-state index is 0.0641. The second-order valence-electron chi connectivity index (χ2n) is 6.90. The van der Waals surface area contributed by atoms with Crippen molar-refractivity contribution in [3.05, 3.63) is 47.7 Å². The number of anilines is 1. The van der Waals surface area contributed by atoms with Gasteiger partial charge in [-0.15, -0.1) is 0 Å². The lowest BCUT2D eigenvalue weighted by atomic mass is 10.1. The van der Waals surface area contributed by atoms with E-state index in [0.29, 0.717) is 31.1 Å². The first-order chi connectivity index (χ1) is 12.7. The summed E-state index contributed by atoms with van der Waals surface area (Å²) in [6.07, 6.45) is 5.93.